The van der Waals surface area contributed by atoms with E-state index in [1.54, 1.807) is 30.1 Å². The summed E-state index contributed by atoms with van der Waals surface area (Å²) in [5.74, 6) is 0.849. The van der Waals surface area contributed by atoms with E-state index < -0.39 is 0 Å². The predicted octanol–water partition coefficient (Wildman–Crippen LogP) is 0.633. The van der Waals surface area contributed by atoms with E-state index in [1.807, 2.05) is 6.26 Å². The molecule has 1 heterocycles. The molecule has 3 N–H and O–H groups in total. The quantitative estimate of drug-likeness (QED) is 0.721. The molecule has 5 heteroatoms. The Morgan fingerprint density at radius 2 is 2.47 bits per heavy atom. The molecule has 15 heavy (non-hydrogen) atoms. The third-order valence-electron chi connectivity index (χ3n) is 1.88. The van der Waals surface area contributed by atoms with E-state index in [1.165, 1.54) is 0 Å². The molecule has 1 amide bonds. The smallest absolute Gasteiger partial charge is 0.251 e. The van der Waals surface area contributed by atoms with Gasteiger partial charge < -0.3 is 11.1 Å². The summed E-state index contributed by atoms with van der Waals surface area (Å²) in [4.78, 5) is 15.6. The molecule has 0 radical (unpaired) electrons. The Bertz CT molecular complexity index is 330. The molecule has 0 aliphatic heterocycles. The minimum absolute atomic E-state index is 0.0684. The van der Waals surface area contributed by atoms with Crippen molar-refractivity contribution in [1.29, 1.82) is 0 Å². The molecule has 0 bridgehead atoms. The zero-order valence-corrected chi connectivity index (χ0v) is 9.51. The Labute approximate surface area is 93.7 Å². The minimum atomic E-state index is -0.0684. The minimum Gasteiger partial charge on any atom is -0.351 e. The number of nitrogens with two attached hydrogens (primary N) is 1. The Hall–Kier alpha value is -1.07. The molecule has 1 aromatic heterocycles. The molecule has 82 valence electrons. The van der Waals surface area contributed by atoms with E-state index in [-0.39, 0.29) is 5.91 Å². The summed E-state index contributed by atoms with van der Waals surface area (Å²) in [6.45, 7) is 1.03. The first kappa shape index (κ1) is 12.0. The van der Waals surface area contributed by atoms with Crippen molar-refractivity contribution in [2.45, 2.75) is 6.54 Å². The fourth-order valence-corrected chi connectivity index (χ4v) is 1.41. The van der Waals surface area contributed by atoms with Crippen LogP contribution in [-0.2, 0) is 6.54 Å². The van der Waals surface area contributed by atoms with Gasteiger partial charge in [-0.25, -0.2) is 0 Å². The molecule has 0 aromatic carbocycles. The van der Waals surface area contributed by atoms with Crippen molar-refractivity contribution in [3.63, 3.8) is 0 Å². The van der Waals surface area contributed by atoms with E-state index in [0.29, 0.717) is 18.7 Å². The first-order valence-electron chi connectivity index (χ1n) is 4.70. The number of carbonyl (C=O) groups is 1. The highest BCUT2D eigenvalue weighted by Gasteiger charge is 2.04. The molecular weight excluding hydrogens is 210 g/mol. The maximum Gasteiger partial charge on any atom is 0.251 e. The Morgan fingerprint density at radius 1 is 1.67 bits per heavy atom. The average molecular weight is 225 g/mol. The summed E-state index contributed by atoms with van der Waals surface area (Å²) in [6.07, 6.45) is 3.61. The standard InChI is InChI=1S/C10H15N3OS/c1-15-5-4-13-10(14)8-2-3-12-9(6-8)7-11/h2-3,6H,4-5,7,11H2,1H3,(H,13,14). The lowest BCUT2D eigenvalue weighted by atomic mass is 10.2. The van der Waals surface area contributed by atoms with Crippen LogP contribution in [0, 0.1) is 0 Å². The first-order valence-corrected chi connectivity index (χ1v) is 6.09. The molecule has 0 saturated carbocycles. The van der Waals surface area contributed by atoms with Gasteiger partial charge in [0.05, 0.1) is 5.69 Å². The van der Waals surface area contributed by atoms with Crippen LogP contribution in [0.4, 0.5) is 0 Å². The van der Waals surface area contributed by atoms with Crippen molar-refractivity contribution in [2.24, 2.45) is 5.73 Å². The molecule has 4 nitrogen and oxygen atoms in total. The second-order valence-electron chi connectivity index (χ2n) is 2.99. The van der Waals surface area contributed by atoms with Crippen LogP contribution in [0.5, 0.6) is 0 Å². The topological polar surface area (TPSA) is 68.0 Å². The number of thioether (sulfide) groups is 1. The van der Waals surface area contributed by atoms with Gasteiger partial charge in [0.25, 0.3) is 5.91 Å². The van der Waals surface area contributed by atoms with E-state index in [9.17, 15) is 4.79 Å². The number of pyridine rings is 1. The van der Waals surface area contributed by atoms with Crippen molar-refractivity contribution in [2.75, 3.05) is 18.6 Å². The van der Waals surface area contributed by atoms with E-state index in [0.717, 1.165) is 11.4 Å². The second-order valence-corrected chi connectivity index (χ2v) is 3.97. The molecule has 1 aromatic rings. The largest absolute Gasteiger partial charge is 0.351 e. The molecule has 1 rings (SSSR count). The number of aromatic nitrogens is 1. The van der Waals surface area contributed by atoms with Gasteiger partial charge in [-0.2, -0.15) is 11.8 Å². The highest BCUT2D eigenvalue weighted by Crippen LogP contribution is 2.01. The lowest BCUT2D eigenvalue weighted by Crippen LogP contribution is -2.25. The van der Waals surface area contributed by atoms with Crippen LogP contribution in [0.2, 0.25) is 0 Å². The Morgan fingerprint density at radius 3 is 3.13 bits per heavy atom. The second kappa shape index (κ2) is 6.42. The predicted molar refractivity (Wildman–Crippen MR) is 62.8 cm³/mol. The van der Waals surface area contributed by atoms with Gasteiger partial charge in [-0.05, 0) is 18.4 Å². The van der Waals surface area contributed by atoms with Gasteiger partial charge in [0.2, 0.25) is 0 Å². The molecule has 0 saturated heterocycles. The first-order chi connectivity index (χ1) is 7.27. The number of rotatable bonds is 5. The van der Waals surface area contributed by atoms with Gasteiger partial charge in [-0.1, -0.05) is 0 Å². The van der Waals surface area contributed by atoms with Gasteiger partial charge in [-0.3, -0.25) is 9.78 Å². The summed E-state index contributed by atoms with van der Waals surface area (Å²) in [5, 5.41) is 2.82. The van der Waals surface area contributed by atoms with Crippen LogP contribution < -0.4 is 11.1 Å². The fraction of sp³-hybridized carbons (Fsp3) is 0.400. The highest BCUT2D eigenvalue weighted by molar-refractivity contribution is 7.98. The van der Waals surface area contributed by atoms with E-state index >= 15 is 0 Å². The monoisotopic (exact) mass is 225 g/mol. The third kappa shape index (κ3) is 3.89. The molecule has 0 atom stereocenters. The molecule has 0 fully saturated rings. The number of hydrogen-bond donors (Lipinski definition) is 2. The summed E-state index contributed by atoms with van der Waals surface area (Å²) in [5.41, 5.74) is 6.79. The van der Waals surface area contributed by atoms with Crippen molar-refractivity contribution in [3.8, 4) is 0 Å². The van der Waals surface area contributed by atoms with Crippen LogP contribution in [0.3, 0.4) is 0 Å². The van der Waals surface area contributed by atoms with E-state index in [2.05, 4.69) is 10.3 Å². The zero-order chi connectivity index (χ0) is 11.1. The van der Waals surface area contributed by atoms with Gasteiger partial charge in [0.15, 0.2) is 0 Å². The van der Waals surface area contributed by atoms with Crippen molar-refractivity contribution in [1.82, 2.24) is 10.3 Å². The van der Waals surface area contributed by atoms with Crippen molar-refractivity contribution < 1.29 is 4.79 Å². The third-order valence-corrected chi connectivity index (χ3v) is 2.49. The van der Waals surface area contributed by atoms with Crippen LogP contribution >= 0.6 is 11.8 Å². The van der Waals surface area contributed by atoms with Gasteiger partial charge in [0.1, 0.15) is 0 Å². The van der Waals surface area contributed by atoms with Gasteiger partial charge in [-0.15, -0.1) is 0 Å². The summed E-state index contributed by atoms with van der Waals surface area (Å²) < 4.78 is 0. The Balaban J connectivity index is 2.57. The Kier molecular flexibility index (Phi) is 5.14. The molecular formula is C10H15N3OS. The van der Waals surface area contributed by atoms with E-state index in [4.69, 9.17) is 5.73 Å². The number of hydrogen-bond acceptors (Lipinski definition) is 4. The number of nitrogens with one attached hydrogen (secondary N) is 1. The SMILES string of the molecule is CSCCNC(=O)c1ccnc(CN)c1. The summed E-state index contributed by atoms with van der Waals surface area (Å²) >= 11 is 1.70. The maximum absolute atomic E-state index is 11.6. The summed E-state index contributed by atoms with van der Waals surface area (Å²) in [7, 11) is 0. The summed E-state index contributed by atoms with van der Waals surface area (Å²) in [6, 6.07) is 3.40. The molecule has 0 spiro atoms. The number of nitrogens with zero attached hydrogens (tertiary/aromatic N) is 1. The van der Waals surface area contributed by atoms with Crippen molar-refractivity contribution in [3.05, 3.63) is 29.6 Å². The average Bonchev–Trinajstić information content (AvgIpc) is 2.29. The number of amides is 1. The fourth-order valence-electron chi connectivity index (χ4n) is 1.10. The maximum atomic E-state index is 11.6. The molecule has 0 aliphatic rings. The highest BCUT2D eigenvalue weighted by atomic mass is 32.2. The van der Waals surface area contributed by atoms with Crippen LogP contribution in [0.1, 0.15) is 16.1 Å². The molecule has 0 unspecified atom stereocenters. The molecule has 0 aliphatic carbocycles. The van der Waals surface area contributed by atoms with Crippen LogP contribution in [-0.4, -0.2) is 29.4 Å². The van der Waals surface area contributed by atoms with Gasteiger partial charge >= 0.3 is 0 Å². The zero-order valence-electron chi connectivity index (χ0n) is 8.69. The lowest BCUT2D eigenvalue weighted by molar-refractivity contribution is 0.0956. The van der Waals surface area contributed by atoms with Gasteiger partial charge in [0, 0.05) is 30.6 Å². The van der Waals surface area contributed by atoms with Crippen LogP contribution in [0.25, 0.3) is 0 Å². The van der Waals surface area contributed by atoms with Crippen molar-refractivity contribution >= 4 is 17.7 Å². The van der Waals surface area contributed by atoms with Crippen LogP contribution in [0.15, 0.2) is 18.3 Å². The lowest BCUT2D eigenvalue weighted by Gasteiger charge is -2.04. The normalized spacial score (nSPS) is 10.0. The number of carbonyl (C=O) groups excluding carboxylic acids is 1.